The number of pyridine rings is 1. The van der Waals surface area contributed by atoms with Crippen molar-refractivity contribution in [2.24, 2.45) is 4.99 Å². The van der Waals surface area contributed by atoms with Gasteiger partial charge >= 0.3 is 0 Å². The van der Waals surface area contributed by atoms with Gasteiger partial charge in [-0.3, -0.25) is 14.7 Å². The van der Waals surface area contributed by atoms with Crippen LogP contribution in [-0.4, -0.2) is 109 Å². The Bertz CT molecular complexity index is 918. The molecule has 0 unspecified atom stereocenters. The molecule has 0 aromatic carbocycles. The van der Waals surface area contributed by atoms with E-state index >= 15 is 0 Å². The first-order valence-corrected chi connectivity index (χ1v) is 11.1. The molecule has 0 atom stereocenters. The fourth-order valence-corrected chi connectivity index (χ4v) is 4.18. The van der Waals surface area contributed by atoms with Crippen molar-refractivity contribution in [2.75, 3.05) is 72.6 Å². The molecular formula is C22H34IN7O2. The molecule has 9 nitrogen and oxygen atoms in total. The summed E-state index contributed by atoms with van der Waals surface area (Å²) in [5.41, 5.74) is 3.27. The number of guanidine groups is 1. The van der Waals surface area contributed by atoms with Crippen molar-refractivity contribution >= 4 is 41.5 Å². The minimum Gasteiger partial charge on any atom is -0.378 e. The van der Waals surface area contributed by atoms with Crippen molar-refractivity contribution < 1.29 is 9.53 Å². The number of fused-ring (bicyclic) bond motifs is 1. The van der Waals surface area contributed by atoms with Crippen molar-refractivity contribution in [3.63, 3.8) is 0 Å². The number of carbonyl (C=O) groups excluding carboxylic acids is 1. The molecule has 4 rings (SSSR count). The summed E-state index contributed by atoms with van der Waals surface area (Å²) in [7, 11) is 1.82. The van der Waals surface area contributed by atoms with E-state index in [-0.39, 0.29) is 29.9 Å². The van der Waals surface area contributed by atoms with E-state index in [9.17, 15) is 4.79 Å². The number of halogens is 1. The van der Waals surface area contributed by atoms with Crippen molar-refractivity contribution in [1.82, 2.24) is 29.4 Å². The maximum Gasteiger partial charge on any atom is 0.236 e. The number of aliphatic imine (C=N–C) groups is 1. The summed E-state index contributed by atoms with van der Waals surface area (Å²) in [5, 5.41) is 3.47. The molecule has 2 fully saturated rings. The highest BCUT2D eigenvalue weighted by Crippen LogP contribution is 2.10. The molecule has 2 aromatic rings. The lowest BCUT2D eigenvalue weighted by Crippen LogP contribution is -2.55. The standard InChI is InChI=1S/C22H33N7O2.HI/c1-18-4-3-7-29-16-19(25-21(18)29)5-6-24-22(23-2)28-10-8-26(9-11-28)17-20(30)27-12-14-31-15-13-27;/h3-4,7,16H,5-6,8-15,17H2,1-2H3,(H,23,24);1H. The Morgan fingerprint density at radius 2 is 1.91 bits per heavy atom. The molecule has 1 amide bonds. The van der Waals surface area contributed by atoms with Crippen LogP contribution in [0, 0.1) is 6.92 Å². The van der Waals surface area contributed by atoms with Gasteiger partial charge in [0, 0.05) is 71.7 Å². The van der Waals surface area contributed by atoms with Gasteiger partial charge in [-0.1, -0.05) is 6.07 Å². The molecule has 32 heavy (non-hydrogen) atoms. The van der Waals surface area contributed by atoms with Crippen LogP contribution in [0.4, 0.5) is 0 Å². The van der Waals surface area contributed by atoms with Crippen LogP contribution in [0.25, 0.3) is 5.65 Å². The van der Waals surface area contributed by atoms with E-state index in [1.807, 2.05) is 24.2 Å². The number of aromatic nitrogens is 2. The average molecular weight is 555 g/mol. The average Bonchev–Trinajstić information content (AvgIpc) is 3.22. The quantitative estimate of drug-likeness (QED) is 0.335. The lowest BCUT2D eigenvalue weighted by molar-refractivity contribution is -0.136. The summed E-state index contributed by atoms with van der Waals surface area (Å²) in [6.07, 6.45) is 4.97. The van der Waals surface area contributed by atoms with Crippen molar-refractivity contribution in [1.29, 1.82) is 0 Å². The molecule has 2 aromatic heterocycles. The Morgan fingerprint density at radius 1 is 1.16 bits per heavy atom. The van der Waals surface area contributed by atoms with Crippen LogP contribution in [0.15, 0.2) is 29.5 Å². The second-order valence-electron chi connectivity index (χ2n) is 8.13. The first-order valence-electron chi connectivity index (χ1n) is 11.1. The highest BCUT2D eigenvalue weighted by atomic mass is 127. The number of piperazine rings is 1. The number of ether oxygens (including phenoxy) is 1. The number of hydrogen-bond donors (Lipinski definition) is 1. The first kappa shape index (κ1) is 24.7. The van der Waals surface area contributed by atoms with Crippen LogP contribution in [0.3, 0.4) is 0 Å². The molecule has 2 saturated heterocycles. The Morgan fingerprint density at radius 3 is 2.59 bits per heavy atom. The van der Waals surface area contributed by atoms with E-state index in [0.29, 0.717) is 32.8 Å². The predicted octanol–water partition coefficient (Wildman–Crippen LogP) is 0.855. The number of imidazole rings is 1. The summed E-state index contributed by atoms with van der Waals surface area (Å²) < 4.78 is 7.41. The van der Waals surface area contributed by atoms with Gasteiger partial charge in [0.15, 0.2) is 5.96 Å². The molecule has 4 heterocycles. The molecule has 0 bridgehead atoms. The minimum atomic E-state index is 0. The number of carbonyl (C=O) groups is 1. The molecule has 1 N–H and O–H groups in total. The lowest BCUT2D eigenvalue weighted by Gasteiger charge is -2.37. The lowest BCUT2D eigenvalue weighted by atomic mass is 10.3. The summed E-state index contributed by atoms with van der Waals surface area (Å²) in [6.45, 7) is 9.53. The number of nitrogens with one attached hydrogen (secondary N) is 1. The van der Waals surface area contributed by atoms with E-state index in [1.54, 1.807) is 0 Å². The zero-order chi connectivity index (χ0) is 21.6. The summed E-state index contributed by atoms with van der Waals surface area (Å²) in [6, 6.07) is 4.13. The zero-order valence-corrected chi connectivity index (χ0v) is 21.3. The van der Waals surface area contributed by atoms with Gasteiger partial charge in [-0.2, -0.15) is 0 Å². The normalized spacial score (nSPS) is 18.0. The molecular weight excluding hydrogens is 521 g/mol. The highest BCUT2D eigenvalue weighted by Gasteiger charge is 2.24. The number of amides is 1. The van der Waals surface area contributed by atoms with Crippen molar-refractivity contribution in [2.45, 2.75) is 13.3 Å². The monoisotopic (exact) mass is 555 g/mol. The summed E-state index contributed by atoms with van der Waals surface area (Å²) in [5.74, 6) is 1.13. The Hall–Kier alpha value is -1.92. The van der Waals surface area contributed by atoms with E-state index < -0.39 is 0 Å². The Labute approximate surface area is 206 Å². The van der Waals surface area contributed by atoms with Crippen molar-refractivity contribution in [3.05, 3.63) is 35.8 Å². The molecule has 10 heteroatoms. The van der Waals surface area contributed by atoms with Gasteiger partial charge in [0.25, 0.3) is 0 Å². The molecule has 2 aliphatic rings. The van der Waals surface area contributed by atoms with Crippen LogP contribution in [0.1, 0.15) is 11.3 Å². The first-order chi connectivity index (χ1) is 15.1. The maximum atomic E-state index is 12.5. The fraction of sp³-hybridized carbons (Fsp3) is 0.591. The topological polar surface area (TPSA) is 77.7 Å². The number of morpholine rings is 1. The smallest absolute Gasteiger partial charge is 0.236 e. The third kappa shape index (κ3) is 6.10. The Kier molecular flexibility index (Phi) is 9.11. The zero-order valence-electron chi connectivity index (χ0n) is 19.0. The highest BCUT2D eigenvalue weighted by molar-refractivity contribution is 14.0. The predicted molar refractivity (Wildman–Crippen MR) is 136 cm³/mol. The number of aryl methyl sites for hydroxylation is 1. The SMILES string of the molecule is CN=C(NCCc1cn2cccc(C)c2n1)N1CCN(CC(=O)N2CCOCC2)CC1.I. The van der Waals surface area contributed by atoms with Gasteiger partial charge in [0.1, 0.15) is 5.65 Å². The van der Waals surface area contributed by atoms with Crippen LogP contribution in [0.5, 0.6) is 0 Å². The summed E-state index contributed by atoms with van der Waals surface area (Å²) >= 11 is 0. The molecule has 176 valence electrons. The molecule has 0 spiro atoms. The molecule has 0 saturated carbocycles. The van der Waals surface area contributed by atoms with Gasteiger partial charge in [0.05, 0.1) is 25.5 Å². The summed E-state index contributed by atoms with van der Waals surface area (Å²) in [4.78, 5) is 28.1. The Balaban J connectivity index is 0.00000289. The second kappa shape index (κ2) is 11.8. The fourth-order valence-electron chi connectivity index (χ4n) is 4.18. The van der Waals surface area contributed by atoms with Gasteiger partial charge in [-0.05, 0) is 18.6 Å². The van der Waals surface area contributed by atoms with E-state index in [1.165, 1.54) is 5.56 Å². The van der Waals surface area contributed by atoms with Crippen LogP contribution in [0.2, 0.25) is 0 Å². The largest absolute Gasteiger partial charge is 0.378 e. The van der Waals surface area contributed by atoms with E-state index in [4.69, 9.17) is 9.72 Å². The number of nitrogens with zero attached hydrogens (tertiary/aromatic N) is 6. The van der Waals surface area contributed by atoms with Crippen molar-refractivity contribution in [3.8, 4) is 0 Å². The van der Waals surface area contributed by atoms with Gasteiger partial charge < -0.3 is 24.3 Å². The maximum absolute atomic E-state index is 12.5. The minimum absolute atomic E-state index is 0. The van der Waals surface area contributed by atoms with Gasteiger partial charge in [0.2, 0.25) is 5.91 Å². The third-order valence-corrected chi connectivity index (χ3v) is 6.00. The van der Waals surface area contributed by atoms with E-state index in [2.05, 4.69) is 43.7 Å². The van der Waals surface area contributed by atoms with Gasteiger partial charge in [-0.25, -0.2) is 4.98 Å². The molecule has 0 radical (unpaired) electrons. The number of hydrogen-bond acceptors (Lipinski definition) is 5. The van der Waals surface area contributed by atoms with Crippen LogP contribution >= 0.6 is 24.0 Å². The second-order valence-corrected chi connectivity index (χ2v) is 8.13. The van der Waals surface area contributed by atoms with Crippen LogP contribution < -0.4 is 5.32 Å². The van der Waals surface area contributed by atoms with E-state index in [0.717, 1.165) is 56.4 Å². The third-order valence-electron chi connectivity index (χ3n) is 6.00. The molecule has 2 aliphatic heterocycles. The van der Waals surface area contributed by atoms with Gasteiger partial charge in [-0.15, -0.1) is 24.0 Å². The van der Waals surface area contributed by atoms with Crippen LogP contribution in [-0.2, 0) is 16.0 Å². The number of rotatable bonds is 5. The molecule has 0 aliphatic carbocycles.